The summed E-state index contributed by atoms with van der Waals surface area (Å²) in [7, 11) is 0. The highest BCUT2D eigenvalue weighted by Crippen LogP contribution is 2.36. The van der Waals surface area contributed by atoms with E-state index >= 15 is 0 Å². The van der Waals surface area contributed by atoms with E-state index in [0.29, 0.717) is 22.8 Å². The zero-order chi connectivity index (χ0) is 18.5. The van der Waals surface area contributed by atoms with E-state index in [0.717, 1.165) is 28.0 Å². The minimum absolute atomic E-state index is 0.0813. The maximum Gasteiger partial charge on any atom is 0.293 e. The van der Waals surface area contributed by atoms with Crippen LogP contribution in [0.4, 0.5) is 4.79 Å². The van der Waals surface area contributed by atoms with Crippen LogP contribution in [0.2, 0.25) is 0 Å². The van der Waals surface area contributed by atoms with E-state index in [4.69, 9.17) is 9.47 Å². The predicted molar refractivity (Wildman–Crippen MR) is 101 cm³/mol. The molecule has 0 unspecified atom stereocenters. The monoisotopic (exact) mass is 394 g/mol. The fourth-order valence-corrected chi connectivity index (χ4v) is 3.69. The van der Waals surface area contributed by atoms with Gasteiger partial charge in [0, 0.05) is 25.3 Å². The van der Waals surface area contributed by atoms with Gasteiger partial charge >= 0.3 is 0 Å². The molecule has 0 radical (unpaired) electrons. The van der Waals surface area contributed by atoms with Crippen LogP contribution in [0.25, 0.3) is 6.08 Å². The number of imide groups is 1. The van der Waals surface area contributed by atoms with Crippen molar-refractivity contribution in [3.05, 3.63) is 28.7 Å². The fourth-order valence-electron chi connectivity index (χ4n) is 2.44. The smallest absolute Gasteiger partial charge is 0.293 e. The average molecular weight is 394 g/mol. The van der Waals surface area contributed by atoms with Crippen molar-refractivity contribution in [1.29, 1.82) is 0 Å². The molecular weight excluding hydrogens is 376 g/mol. The van der Waals surface area contributed by atoms with Crippen LogP contribution in [-0.2, 0) is 9.59 Å². The van der Waals surface area contributed by atoms with Gasteiger partial charge in [-0.25, -0.2) is 0 Å². The maximum absolute atomic E-state index is 12.4. The SMILES string of the molecule is CSCCC(=O)NCCN1C(=O)S/C(=C\c2ccc3c(c2)OCO3)C1=O. The third-order valence-electron chi connectivity index (χ3n) is 3.76. The van der Waals surface area contributed by atoms with E-state index in [1.165, 1.54) is 0 Å². The Labute approximate surface area is 159 Å². The highest BCUT2D eigenvalue weighted by molar-refractivity contribution is 8.18. The Kier molecular flexibility index (Phi) is 6.10. The molecule has 3 rings (SSSR count). The lowest BCUT2D eigenvalue weighted by Crippen LogP contribution is -2.37. The molecule has 1 aromatic carbocycles. The Morgan fingerprint density at radius 1 is 1.35 bits per heavy atom. The molecular formula is C17H18N2O5S2. The van der Waals surface area contributed by atoms with Gasteiger partial charge in [-0.2, -0.15) is 11.8 Å². The Hall–Kier alpha value is -2.13. The summed E-state index contributed by atoms with van der Waals surface area (Å²) in [6, 6.07) is 5.33. The van der Waals surface area contributed by atoms with Crippen molar-refractivity contribution in [3.63, 3.8) is 0 Å². The number of amides is 3. The molecule has 1 N–H and O–H groups in total. The van der Waals surface area contributed by atoms with Gasteiger partial charge in [-0.3, -0.25) is 19.3 Å². The lowest BCUT2D eigenvalue weighted by atomic mass is 10.2. The van der Waals surface area contributed by atoms with Crippen molar-refractivity contribution in [2.45, 2.75) is 6.42 Å². The number of hydrogen-bond acceptors (Lipinski definition) is 7. The summed E-state index contributed by atoms with van der Waals surface area (Å²) < 4.78 is 10.6. The number of thioether (sulfide) groups is 2. The summed E-state index contributed by atoms with van der Waals surface area (Å²) >= 11 is 2.48. The number of ether oxygens (including phenoxy) is 2. The molecule has 2 heterocycles. The number of hydrogen-bond donors (Lipinski definition) is 1. The zero-order valence-corrected chi connectivity index (χ0v) is 15.8. The first-order valence-electron chi connectivity index (χ1n) is 7.99. The minimum atomic E-state index is -0.351. The molecule has 3 amide bonds. The van der Waals surface area contributed by atoms with Crippen LogP contribution in [-0.4, -0.2) is 53.8 Å². The normalized spacial score (nSPS) is 17.3. The Morgan fingerprint density at radius 3 is 2.96 bits per heavy atom. The summed E-state index contributed by atoms with van der Waals surface area (Å²) in [6.45, 7) is 0.592. The number of carbonyl (C=O) groups excluding carboxylic acids is 3. The lowest BCUT2D eigenvalue weighted by molar-refractivity contribution is -0.124. The van der Waals surface area contributed by atoms with E-state index in [1.807, 2.05) is 6.26 Å². The Morgan fingerprint density at radius 2 is 2.15 bits per heavy atom. The van der Waals surface area contributed by atoms with Gasteiger partial charge in [0.05, 0.1) is 4.91 Å². The van der Waals surface area contributed by atoms with E-state index in [-0.39, 0.29) is 36.9 Å². The van der Waals surface area contributed by atoms with Gasteiger partial charge in [0.25, 0.3) is 11.1 Å². The van der Waals surface area contributed by atoms with Crippen molar-refractivity contribution in [2.24, 2.45) is 0 Å². The largest absolute Gasteiger partial charge is 0.454 e. The van der Waals surface area contributed by atoms with Crippen molar-refractivity contribution < 1.29 is 23.9 Å². The molecule has 7 nitrogen and oxygen atoms in total. The zero-order valence-electron chi connectivity index (χ0n) is 14.1. The third-order valence-corrected chi connectivity index (χ3v) is 5.28. The van der Waals surface area contributed by atoms with E-state index in [9.17, 15) is 14.4 Å². The molecule has 9 heteroatoms. The molecule has 1 fully saturated rings. The minimum Gasteiger partial charge on any atom is -0.454 e. The number of rotatable bonds is 7. The molecule has 0 aliphatic carbocycles. The predicted octanol–water partition coefficient (Wildman–Crippen LogP) is 2.32. The number of fused-ring (bicyclic) bond motifs is 1. The van der Waals surface area contributed by atoms with Gasteiger partial charge in [0.2, 0.25) is 12.7 Å². The van der Waals surface area contributed by atoms with Crippen LogP contribution in [0.15, 0.2) is 23.1 Å². The van der Waals surface area contributed by atoms with Crippen molar-refractivity contribution in [1.82, 2.24) is 10.2 Å². The second-order valence-corrected chi connectivity index (χ2v) is 7.52. The second kappa shape index (κ2) is 8.50. The van der Waals surface area contributed by atoms with E-state index < -0.39 is 0 Å². The number of benzene rings is 1. The fraction of sp³-hybridized carbons (Fsp3) is 0.353. The van der Waals surface area contributed by atoms with Gasteiger partial charge in [-0.05, 0) is 41.8 Å². The van der Waals surface area contributed by atoms with Gasteiger partial charge in [-0.1, -0.05) is 6.07 Å². The van der Waals surface area contributed by atoms with Crippen molar-refractivity contribution in [3.8, 4) is 11.5 Å². The Balaban J connectivity index is 1.59. The maximum atomic E-state index is 12.4. The number of nitrogens with zero attached hydrogens (tertiary/aromatic N) is 1. The van der Waals surface area contributed by atoms with E-state index in [1.54, 1.807) is 36.0 Å². The summed E-state index contributed by atoms with van der Waals surface area (Å²) in [5.41, 5.74) is 0.755. The first kappa shape index (κ1) is 18.7. The summed E-state index contributed by atoms with van der Waals surface area (Å²) in [6.07, 6.45) is 4.01. The molecule has 2 aliphatic rings. The lowest BCUT2D eigenvalue weighted by Gasteiger charge is -2.12. The van der Waals surface area contributed by atoms with Gasteiger partial charge in [0.1, 0.15) is 0 Å². The van der Waals surface area contributed by atoms with Crippen molar-refractivity contribution >= 4 is 46.7 Å². The molecule has 0 aromatic heterocycles. The molecule has 2 aliphatic heterocycles. The molecule has 1 saturated heterocycles. The number of nitrogens with one attached hydrogen (secondary N) is 1. The van der Waals surface area contributed by atoms with Crippen molar-refractivity contribution in [2.75, 3.05) is 31.9 Å². The molecule has 0 spiro atoms. The highest BCUT2D eigenvalue weighted by atomic mass is 32.2. The van der Waals surface area contributed by atoms with Crippen LogP contribution < -0.4 is 14.8 Å². The van der Waals surface area contributed by atoms with Crippen LogP contribution >= 0.6 is 23.5 Å². The van der Waals surface area contributed by atoms with E-state index in [2.05, 4.69) is 5.32 Å². The second-order valence-electron chi connectivity index (χ2n) is 5.54. The molecule has 0 bridgehead atoms. The summed E-state index contributed by atoms with van der Waals surface area (Å²) in [4.78, 5) is 37.6. The van der Waals surface area contributed by atoms with Crippen LogP contribution in [0.5, 0.6) is 11.5 Å². The van der Waals surface area contributed by atoms with Gasteiger partial charge in [0.15, 0.2) is 11.5 Å². The first-order chi connectivity index (χ1) is 12.6. The van der Waals surface area contributed by atoms with Crippen LogP contribution in [0.1, 0.15) is 12.0 Å². The molecule has 0 saturated carbocycles. The van der Waals surface area contributed by atoms with Gasteiger partial charge < -0.3 is 14.8 Å². The topological polar surface area (TPSA) is 84.9 Å². The average Bonchev–Trinajstić information content (AvgIpc) is 3.19. The quantitative estimate of drug-likeness (QED) is 0.711. The molecule has 138 valence electrons. The standard InChI is InChI=1S/C17H18N2O5S2/c1-25-7-4-15(20)18-5-6-19-16(21)14(26-17(19)22)9-11-2-3-12-13(8-11)24-10-23-12/h2-3,8-9H,4-7,10H2,1H3,(H,18,20)/b14-9-. The van der Waals surface area contributed by atoms with Crippen LogP contribution in [0, 0.1) is 0 Å². The Bertz CT molecular complexity index is 766. The number of carbonyl (C=O) groups is 3. The third kappa shape index (κ3) is 4.34. The van der Waals surface area contributed by atoms with Gasteiger partial charge in [-0.15, -0.1) is 0 Å². The highest BCUT2D eigenvalue weighted by Gasteiger charge is 2.34. The molecule has 0 atom stereocenters. The summed E-state index contributed by atoms with van der Waals surface area (Å²) in [5.74, 6) is 1.59. The first-order valence-corrected chi connectivity index (χ1v) is 10.2. The summed E-state index contributed by atoms with van der Waals surface area (Å²) in [5, 5.41) is 2.39. The van der Waals surface area contributed by atoms with Crippen LogP contribution in [0.3, 0.4) is 0 Å². The molecule has 26 heavy (non-hydrogen) atoms. The molecule has 1 aromatic rings.